The van der Waals surface area contributed by atoms with Gasteiger partial charge in [-0.25, -0.2) is 0 Å². The molecule has 2 atom stereocenters. The molecule has 1 heteroatoms. The molecular formula is C12H21N. The number of rotatable bonds is 3. The number of hydrogen-bond acceptors (Lipinski definition) is 1. The third-order valence-electron chi connectivity index (χ3n) is 3.01. The summed E-state index contributed by atoms with van der Waals surface area (Å²) in [6.07, 6.45) is 15.2. The van der Waals surface area contributed by atoms with Crippen molar-refractivity contribution >= 4 is 0 Å². The molecule has 1 aliphatic rings. The molecule has 1 aliphatic carbocycles. The molecule has 0 spiro atoms. The minimum Gasteiger partial charge on any atom is -0.328 e. The van der Waals surface area contributed by atoms with Crippen molar-refractivity contribution in [3.63, 3.8) is 0 Å². The van der Waals surface area contributed by atoms with Crippen molar-refractivity contribution in [2.45, 2.75) is 57.4 Å². The smallest absolute Gasteiger partial charge is 0.00861 e. The van der Waals surface area contributed by atoms with E-state index < -0.39 is 0 Å². The van der Waals surface area contributed by atoms with E-state index >= 15 is 0 Å². The fraction of sp³-hybridized carbons (Fsp3) is 0.833. The van der Waals surface area contributed by atoms with Crippen LogP contribution in [0.1, 0.15) is 51.4 Å². The molecule has 0 bridgehead atoms. The maximum absolute atomic E-state index is 5.99. The fourth-order valence-electron chi connectivity index (χ4n) is 2.26. The summed E-state index contributed by atoms with van der Waals surface area (Å²) in [5.74, 6) is 3.56. The van der Waals surface area contributed by atoms with Gasteiger partial charge in [-0.1, -0.05) is 19.3 Å². The van der Waals surface area contributed by atoms with Crippen LogP contribution in [-0.4, -0.2) is 6.04 Å². The van der Waals surface area contributed by atoms with Crippen LogP contribution in [0.2, 0.25) is 0 Å². The highest BCUT2D eigenvalue weighted by atomic mass is 14.6. The zero-order valence-corrected chi connectivity index (χ0v) is 8.47. The Morgan fingerprint density at radius 1 is 1.31 bits per heavy atom. The largest absolute Gasteiger partial charge is 0.328 e. The molecule has 0 saturated heterocycles. The minimum absolute atomic E-state index is 0.457. The summed E-state index contributed by atoms with van der Waals surface area (Å²) in [5.41, 5.74) is 5.99. The van der Waals surface area contributed by atoms with Crippen molar-refractivity contribution in [2.75, 3.05) is 0 Å². The molecule has 2 N–H and O–H groups in total. The number of terminal acetylenes is 1. The standard InChI is InChI=1S/C12H21N/c1-2-3-4-7-11-8-5-6-9-12(13)10-11/h1,11-12H,3-10,13H2. The third-order valence-corrected chi connectivity index (χ3v) is 3.01. The molecule has 1 saturated carbocycles. The van der Waals surface area contributed by atoms with Crippen molar-refractivity contribution < 1.29 is 0 Å². The Morgan fingerprint density at radius 3 is 2.85 bits per heavy atom. The number of nitrogens with two attached hydrogens (primary N) is 1. The highest BCUT2D eigenvalue weighted by Crippen LogP contribution is 2.26. The number of unbranched alkanes of at least 4 members (excludes halogenated alkanes) is 1. The first-order valence-electron chi connectivity index (χ1n) is 5.52. The Hall–Kier alpha value is -0.480. The number of hydrogen-bond donors (Lipinski definition) is 1. The second-order valence-electron chi connectivity index (χ2n) is 4.24. The van der Waals surface area contributed by atoms with E-state index in [0.29, 0.717) is 6.04 Å². The summed E-state index contributed by atoms with van der Waals surface area (Å²) in [5, 5.41) is 0. The van der Waals surface area contributed by atoms with E-state index in [2.05, 4.69) is 5.92 Å². The van der Waals surface area contributed by atoms with E-state index in [1.807, 2.05) is 0 Å². The van der Waals surface area contributed by atoms with Gasteiger partial charge in [0.1, 0.15) is 0 Å². The zero-order chi connectivity index (χ0) is 9.52. The van der Waals surface area contributed by atoms with E-state index in [9.17, 15) is 0 Å². The van der Waals surface area contributed by atoms with Crippen LogP contribution in [0.3, 0.4) is 0 Å². The molecule has 13 heavy (non-hydrogen) atoms. The average Bonchev–Trinajstić information content (AvgIpc) is 2.31. The maximum atomic E-state index is 5.99. The van der Waals surface area contributed by atoms with Gasteiger partial charge in [0.2, 0.25) is 0 Å². The van der Waals surface area contributed by atoms with E-state index in [0.717, 1.165) is 12.3 Å². The molecule has 2 unspecified atom stereocenters. The van der Waals surface area contributed by atoms with Gasteiger partial charge in [0.05, 0.1) is 0 Å². The van der Waals surface area contributed by atoms with E-state index in [4.69, 9.17) is 12.2 Å². The molecule has 0 heterocycles. The predicted octanol–water partition coefficient (Wildman–Crippen LogP) is 2.70. The summed E-state index contributed by atoms with van der Waals surface area (Å²) in [6.45, 7) is 0. The van der Waals surface area contributed by atoms with Crippen LogP contribution in [0.5, 0.6) is 0 Å². The Balaban J connectivity index is 2.19. The van der Waals surface area contributed by atoms with Gasteiger partial charge < -0.3 is 5.73 Å². The lowest BCUT2D eigenvalue weighted by Gasteiger charge is -2.15. The summed E-state index contributed by atoms with van der Waals surface area (Å²) in [6, 6.07) is 0.457. The molecular weight excluding hydrogens is 158 g/mol. The molecule has 74 valence electrons. The molecule has 1 rings (SSSR count). The Kier molecular flexibility index (Phi) is 4.93. The lowest BCUT2D eigenvalue weighted by Crippen LogP contribution is -2.21. The Bertz CT molecular complexity index is 168. The summed E-state index contributed by atoms with van der Waals surface area (Å²) in [7, 11) is 0. The molecule has 0 aromatic heterocycles. The van der Waals surface area contributed by atoms with E-state index in [-0.39, 0.29) is 0 Å². The lowest BCUT2D eigenvalue weighted by atomic mass is 9.93. The second kappa shape index (κ2) is 6.05. The van der Waals surface area contributed by atoms with Crippen molar-refractivity contribution in [1.82, 2.24) is 0 Å². The van der Waals surface area contributed by atoms with Gasteiger partial charge in [-0.15, -0.1) is 12.3 Å². The molecule has 1 fully saturated rings. The monoisotopic (exact) mass is 179 g/mol. The topological polar surface area (TPSA) is 26.0 Å². The average molecular weight is 179 g/mol. The normalized spacial score (nSPS) is 29.2. The summed E-state index contributed by atoms with van der Waals surface area (Å²) < 4.78 is 0. The van der Waals surface area contributed by atoms with E-state index in [1.54, 1.807) is 0 Å². The van der Waals surface area contributed by atoms with Gasteiger partial charge in [0.15, 0.2) is 0 Å². The first-order valence-corrected chi connectivity index (χ1v) is 5.52. The van der Waals surface area contributed by atoms with Crippen LogP contribution in [0.4, 0.5) is 0 Å². The lowest BCUT2D eigenvalue weighted by molar-refractivity contribution is 0.397. The summed E-state index contributed by atoms with van der Waals surface area (Å²) >= 11 is 0. The quantitative estimate of drug-likeness (QED) is 0.402. The van der Waals surface area contributed by atoms with Gasteiger partial charge in [-0.3, -0.25) is 0 Å². The van der Waals surface area contributed by atoms with Crippen LogP contribution >= 0.6 is 0 Å². The van der Waals surface area contributed by atoms with Gasteiger partial charge in [-0.2, -0.15) is 0 Å². The molecule has 0 aromatic rings. The van der Waals surface area contributed by atoms with Crippen molar-refractivity contribution in [1.29, 1.82) is 0 Å². The highest BCUT2D eigenvalue weighted by Gasteiger charge is 2.16. The van der Waals surface area contributed by atoms with Gasteiger partial charge >= 0.3 is 0 Å². The van der Waals surface area contributed by atoms with Crippen LogP contribution in [0.15, 0.2) is 0 Å². The zero-order valence-electron chi connectivity index (χ0n) is 8.47. The first kappa shape index (κ1) is 10.6. The Morgan fingerprint density at radius 2 is 2.08 bits per heavy atom. The van der Waals surface area contributed by atoms with Gasteiger partial charge in [0.25, 0.3) is 0 Å². The highest BCUT2D eigenvalue weighted by molar-refractivity contribution is 4.83. The molecule has 0 amide bonds. The van der Waals surface area contributed by atoms with Crippen LogP contribution in [0.25, 0.3) is 0 Å². The molecule has 0 aromatic carbocycles. The third kappa shape index (κ3) is 4.33. The van der Waals surface area contributed by atoms with Crippen LogP contribution in [-0.2, 0) is 0 Å². The molecule has 0 aliphatic heterocycles. The van der Waals surface area contributed by atoms with Crippen molar-refractivity contribution in [3.05, 3.63) is 0 Å². The van der Waals surface area contributed by atoms with Gasteiger partial charge in [-0.05, 0) is 31.6 Å². The Labute approximate surface area is 82.1 Å². The predicted molar refractivity (Wildman–Crippen MR) is 57.2 cm³/mol. The van der Waals surface area contributed by atoms with Crippen molar-refractivity contribution in [2.24, 2.45) is 11.7 Å². The van der Waals surface area contributed by atoms with E-state index in [1.165, 1.54) is 44.9 Å². The molecule has 0 radical (unpaired) electrons. The van der Waals surface area contributed by atoms with Crippen molar-refractivity contribution in [3.8, 4) is 12.3 Å². The van der Waals surface area contributed by atoms with Crippen LogP contribution < -0.4 is 5.73 Å². The van der Waals surface area contributed by atoms with Crippen LogP contribution in [0, 0.1) is 18.3 Å². The maximum Gasteiger partial charge on any atom is 0.00861 e. The first-order chi connectivity index (χ1) is 6.33. The molecule has 1 nitrogen and oxygen atoms in total. The SMILES string of the molecule is C#CCCCC1CCCCC(N)C1. The fourth-order valence-corrected chi connectivity index (χ4v) is 2.26. The second-order valence-corrected chi connectivity index (χ2v) is 4.24. The minimum atomic E-state index is 0.457. The summed E-state index contributed by atoms with van der Waals surface area (Å²) in [4.78, 5) is 0. The van der Waals surface area contributed by atoms with Gasteiger partial charge in [0, 0.05) is 12.5 Å².